The van der Waals surface area contributed by atoms with Crippen molar-refractivity contribution < 1.29 is 4.74 Å². The fourth-order valence-electron chi connectivity index (χ4n) is 3.24. The van der Waals surface area contributed by atoms with Gasteiger partial charge in [-0.05, 0) is 31.9 Å². The number of hydrogen-bond donors (Lipinski definition) is 1. The zero-order valence-electron chi connectivity index (χ0n) is 10.6. The monoisotopic (exact) mass is 243 g/mol. The second kappa shape index (κ2) is 6.27. The molecule has 0 aromatic heterocycles. The molecular weight excluding hydrogens is 218 g/mol. The number of nitrogens with one attached hydrogen (secondary N) is 1. The molecule has 0 bridgehead atoms. The average molecular weight is 243 g/mol. The zero-order valence-corrected chi connectivity index (χ0v) is 11.4. The summed E-state index contributed by atoms with van der Waals surface area (Å²) < 4.78 is 5.61. The molecule has 2 aliphatic carbocycles. The van der Waals surface area contributed by atoms with Crippen LogP contribution >= 0.6 is 11.8 Å². The Balaban J connectivity index is 1.86. The molecule has 0 spiro atoms. The molecule has 0 aromatic carbocycles. The van der Waals surface area contributed by atoms with Gasteiger partial charge in [-0.25, -0.2) is 0 Å². The summed E-state index contributed by atoms with van der Waals surface area (Å²) in [5.41, 5.74) is 0. The average Bonchev–Trinajstić information content (AvgIpc) is 2.77. The van der Waals surface area contributed by atoms with Gasteiger partial charge in [0.25, 0.3) is 0 Å². The molecule has 94 valence electrons. The SMILES string of the molecule is COC1CCCCC1NC1CCCC1SC. The maximum absolute atomic E-state index is 5.61. The smallest absolute Gasteiger partial charge is 0.0724 e. The molecule has 0 radical (unpaired) electrons. The summed E-state index contributed by atoms with van der Waals surface area (Å²) in [6, 6.07) is 1.34. The van der Waals surface area contributed by atoms with E-state index in [1.54, 1.807) is 0 Å². The van der Waals surface area contributed by atoms with E-state index < -0.39 is 0 Å². The van der Waals surface area contributed by atoms with Gasteiger partial charge in [0.1, 0.15) is 0 Å². The zero-order chi connectivity index (χ0) is 11.4. The van der Waals surface area contributed by atoms with Crippen molar-refractivity contribution in [3.05, 3.63) is 0 Å². The van der Waals surface area contributed by atoms with E-state index in [9.17, 15) is 0 Å². The second-order valence-corrected chi connectivity index (χ2v) is 6.22. The summed E-state index contributed by atoms with van der Waals surface area (Å²) in [5.74, 6) is 0. The highest BCUT2D eigenvalue weighted by Gasteiger charge is 2.32. The first kappa shape index (κ1) is 12.7. The maximum Gasteiger partial charge on any atom is 0.0724 e. The van der Waals surface area contributed by atoms with E-state index >= 15 is 0 Å². The lowest BCUT2D eigenvalue weighted by atomic mass is 9.91. The summed E-state index contributed by atoms with van der Waals surface area (Å²) in [4.78, 5) is 0. The predicted octanol–water partition coefficient (Wildman–Crippen LogP) is 2.82. The highest BCUT2D eigenvalue weighted by molar-refractivity contribution is 7.99. The Morgan fingerprint density at radius 3 is 2.50 bits per heavy atom. The Morgan fingerprint density at radius 1 is 1.00 bits per heavy atom. The normalized spacial score (nSPS) is 40.1. The van der Waals surface area contributed by atoms with Crippen LogP contribution in [0, 0.1) is 0 Å². The van der Waals surface area contributed by atoms with Crippen LogP contribution < -0.4 is 5.32 Å². The Hall–Kier alpha value is 0.270. The first-order valence-corrected chi connectivity index (χ1v) is 7.95. The molecule has 2 nitrogen and oxygen atoms in total. The van der Waals surface area contributed by atoms with Gasteiger partial charge in [0.15, 0.2) is 0 Å². The van der Waals surface area contributed by atoms with Gasteiger partial charge in [0.05, 0.1) is 6.10 Å². The van der Waals surface area contributed by atoms with Crippen molar-refractivity contribution in [2.24, 2.45) is 0 Å². The predicted molar refractivity (Wildman–Crippen MR) is 71.1 cm³/mol. The van der Waals surface area contributed by atoms with Crippen LogP contribution in [0.25, 0.3) is 0 Å². The maximum atomic E-state index is 5.61. The van der Waals surface area contributed by atoms with Gasteiger partial charge in [-0.15, -0.1) is 0 Å². The molecule has 0 amide bonds. The van der Waals surface area contributed by atoms with Gasteiger partial charge in [0.2, 0.25) is 0 Å². The van der Waals surface area contributed by atoms with Crippen molar-refractivity contribution >= 4 is 11.8 Å². The lowest BCUT2D eigenvalue weighted by Gasteiger charge is -2.34. The molecule has 2 aliphatic rings. The Morgan fingerprint density at radius 2 is 1.75 bits per heavy atom. The van der Waals surface area contributed by atoms with E-state index in [1.807, 2.05) is 18.9 Å². The topological polar surface area (TPSA) is 21.3 Å². The molecule has 4 unspecified atom stereocenters. The van der Waals surface area contributed by atoms with Gasteiger partial charge >= 0.3 is 0 Å². The molecule has 2 fully saturated rings. The fourth-order valence-corrected chi connectivity index (χ4v) is 4.19. The van der Waals surface area contributed by atoms with Crippen molar-refractivity contribution in [3.63, 3.8) is 0 Å². The number of hydrogen-bond acceptors (Lipinski definition) is 3. The van der Waals surface area contributed by atoms with Gasteiger partial charge in [-0.1, -0.05) is 19.3 Å². The van der Waals surface area contributed by atoms with Crippen LogP contribution in [0.2, 0.25) is 0 Å². The number of methoxy groups -OCH3 is 1. The highest BCUT2D eigenvalue weighted by Crippen LogP contribution is 2.30. The molecule has 0 heterocycles. The number of rotatable bonds is 4. The first-order valence-electron chi connectivity index (χ1n) is 6.66. The van der Waals surface area contributed by atoms with Crippen LogP contribution in [-0.2, 0) is 4.74 Å². The molecule has 2 rings (SSSR count). The van der Waals surface area contributed by atoms with E-state index in [2.05, 4.69) is 11.6 Å². The van der Waals surface area contributed by atoms with Gasteiger partial charge < -0.3 is 10.1 Å². The summed E-state index contributed by atoms with van der Waals surface area (Å²) >= 11 is 2.03. The fraction of sp³-hybridized carbons (Fsp3) is 1.00. The number of thioether (sulfide) groups is 1. The minimum atomic E-state index is 0.455. The van der Waals surface area contributed by atoms with Crippen molar-refractivity contribution in [2.75, 3.05) is 13.4 Å². The number of ether oxygens (including phenoxy) is 1. The summed E-state index contributed by atoms with van der Waals surface area (Å²) in [5, 5.41) is 4.71. The second-order valence-electron chi connectivity index (χ2n) is 5.14. The lowest BCUT2D eigenvalue weighted by molar-refractivity contribution is 0.0382. The minimum Gasteiger partial charge on any atom is -0.380 e. The van der Waals surface area contributed by atoms with Crippen molar-refractivity contribution in [3.8, 4) is 0 Å². The van der Waals surface area contributed by atoms with Crippen molar-refractivity contribution in [1.82, 2.24) is 5.32 Å². The molecule has 16 heavy (non-hydrogen) atoms. The summed E-state index contributed by atoms with van der Waals surface area (Å²) in [6.07, 6.45) is 12.1. The van der Waals surface area contributed by atoms with Crippen LogP contribution in [0.15, 0.2) is 0 Å². The van der Waals surface area contributed by atoms with E-state index in [0.717, 1.165) is 11.3 Å². The van der Waals surface area contributed by atoms with Crippen LogP contribution in [0.4, 0.5) is 0 Å². The van der Waals surface area contributed by atoms with Crippen molar-refractivity contribution in [2.45, 2.75) is 68.4 Å². The van der Waals surface area contributed by atoms with E-state index in [4.69, 9.17) is 4.74 Å². The molecule has 4 atom stereocenters. The first-order chi connectivity index (χ1) is 7.85. The third kappa shape index (κ3) is 2.93. The molecular formula is C13H25NOS. The van der Waals surface area contributed by atoms with E-state index in [-0.39, 0.29) is 0 Å². The molecule has 3 heteroatoms. The molecule has 0 aromatic rings. The van der Waals surface area contributed by atoms with Gasteiger partial charge in [-0.3, -0.25) is 0 Å². The molecule has 0 aliphatic heterocycles. The Kier molecular flexibility index (Phi) is 4.98. The third-order valence-electron chi connectivity index (χ3n) is 4.19. The van der Waals surface area contributed by atoms with Crippen LogP contribution in [0.3, 0.4) is 0 Å². The largest absolute Gasteiger partial charge is 0.380 e. The van der Waals surface area contributed by atoms with Crippen LogP contribution in [0.5, 0.6) is 0 Å². The Bertz CT molecular complexity index is 212. The minimum absolute atomic E-state index is 0.455. The molecule has 1 N–H and O–H groups in total. The van der Waals surface area contributed by atoms with Crippen LogP contribution in [-0.4, -0.2) is 36.8 Å². The molecule has 2 saturated carbocycles. The van der Waals surface area contributed by atoms with Crippen molar-refractivity contribution in [1.29, 1.82) is 0 Å². The summed E-state index contributed by atoms with van der Waals surface area (Å²) in [6.45, 7) is 0. The quantitative estimate of drug-likeness (QED) is 0.820. The molecule has 0 saturated heterocycles. The third-order valence-corrected chi connectivity index (χ3v) is 5.36. The van der Waals surface area contributed by atoms with Crippen LogP contribution in [0.1, 0.15) is 44.9 Å². The van der Waals surface area contributed by atoms with E-state index in [0.29, 0.717) is 12.1 Å². The standard InChI is InChI=1S/C13H25NOS/c1-15-12-8-4-3-6-10(12)14-11-7-5-9-13(11)16-2/h10-14H,3-9H2,1-2H3. The highest BCUT2D eigenvalue weighted by atomic mass is 32.2. The van der Waals surface area contributed by atoms with Gasteiger partial charge in [0, 0.05) is 24.4 Å². The van der Waals surface area contributed by atoms with E-state index in [1.165, 1.54) is 44.9 Å². The van der Waals surface area contributed by atoms with Gasteiger partial charge in [-0.2, -0.15) is 11.8 Å². The lowest BCUT2D eigenvalue weighted by Crippen LogP contribution is -2.49. The summed E-state index contributed by atoms with van der Waals surface area (Å²) in [7, 11) is 1.87. The Labute approximate surface area is 104 Å².